The SMILES string of the molecule is NC(=O)CN1CCC(NC(=O)[C@@H]2CCCCN2)CC1. The van der Waals surface area contributed by atoms with Crippen LogP contribution in [0.25, 0.3) is 0 Å². The average molecular weight is 268 g/mol. The summed E-state index contributed by atoms with van der Waals surface area (Å²) in [6.45, 7) is 2.91. The van der Waals surface area contributed by atoms with Gasteiger partial charge in [-0.15, -0.1) is 0 Å². The molecule has 0 unspecified atom stereocenters. The van der Waals surface area contributed by atoms with Crippen LogP contribution in [0.5, 0.6) is 0 Å². The summed E-state index contributed by atoms with van der Waals surface area (Å²) in [5.74, 6) is -0.151. The van der Waals surface area contributed by atoms with E-state index in [9.17, 15) is 9.59 Å². The van der Waals surface area contributed by atoms with Gasteiger partial charge >= 0.3 is 0 Å². The molecule has 6 heteroatoms. The van der Waals surface area contributed by atoms with Gasteiger partial charge in [0.1, 0.15) is 0 Å². The number of piperidine rings is 2. The second-order valence-corrected chi connectivity index (χ2v) is 5.53. The number of nitrogens with zero attached hydrogens (tertiary/aromatic N) is 1. The molecule has 0 aliphatic carbocycles. The fourth-order valence-corrected chi connectivity index (χ4v) is 2.83. The van der Waals surface area contributed by atoms with Crippen LogP contribution in [0.15, 0.2) is 0 Å². The van der Waals surface area contributed by atoms with E-state index in [0.717, 1.165) is 51.7 Å². The summed E-state index contributed by atoms with van der Waals surface area (Å²) in [5, 5.41) is 6.38. The van der Waals surface area contributed by atoms with Crippen molar-refractivity contribution in [3.63, 3.8) is 0 Å². The molecule has 2 heterocycles. The van der Waals surface area contributed by atoms with E-state index in [1.165, 1.54) is 0 Å². The molecular formula is C13H24N4O2. The second kappa shape index (κ2) is 6.86. The number of rotatable bonds is 4. The molecule has 2 aliphatic heterocycles. The number of carbonyl (C=O) groups excluding carboxylic acids is 2. The summed E-state index contributed by atoms with van der Waals surface area (Å²) in [6.07, 6.45) is 5.02. The van der Waals surface area contributed by atoms with Crippen molar-refractivity contribution >= 4 is 11.8 Å². The van der Waals surface area contributed by atoms with Crippen LogP contribution < -0.4 is 16.4 Å². The van der Waals surface area contributed by atoms with Crippen molar-refractivity contribution in [2.75, 3.05) is 26.2 Å². The lowest BCUT2D eigenvalue weighted by atomic mass is 10.0. The first-order chi connectivity index (χ1) is 9.15. The van der Waals surface area contributed by atoms with Crippen LogP contribution in [0.1, 0.15) is 32.1 Å². The van der Waals surface area contributed by atoms with E-state index in [0.29, 0.717) is 6.54 Å². The minimum absolute atomic E-state index is 0.0163. The van der Waals surface area contributed by atoms with Crippen molar-refractivity contribution in [1.29, 1.82) is 0 Å². The molecular weight excluding hydrogens is 244 g/mol. The molecule has 2 fully saturated rings. The van der Waals surface area contributed by atoms with E-state index >= 15 is 0 Å². The van der Waals surface area contributed by atoms with Crippen LogP contribution in [0.2, 0.25) is 0 Å². The van der Waals surface area contributed by atoms with Crippen molar-refractivity contribution in [2.24, 2.45) is 5.73 Å². The van der Waals surface area contributed by atoms with Gasteiger partial charge in [-0.2, -0.15) is 0 Å². The highest BCUT2D eigenvalue weighted by molar-refractivity contribution is 5.82. The minimum atomic E-state index is -0.283. The molecule has 4 N–H and O–H groups in total. The van der Waals surface area contributed by atoms with Crippen LogP contribution >= 0.6 is 0 Å². The lowest BCUT2D eigenvalue weighted by Gasteiger charge is -2.33. The fraction of sp³-hybridized carbons (Fsp3) is 0.846. The number of amides is 2. The van der Waals surface area contributed by atoms with Crippen molar-refractivity contribution in [1.82, 2.24) is 15.5 Å². The summed E-state index contributed by atoms with van der Waals surface area (Å²) < 4.78 is 0. The first kappa shape index (κ1) is 14.3. The third-order valence-corrected chi connectivity index (χ3v) is 3.94. The molecule has 0 bridgehead atoms. The third kappa shape index (κ3) is 4.47. The van der Waals surface area contributed by atoms with E-state index in [1.807, 2.05) is 4.90 Å². The predicted octanol–water partition coefficient (Wildman–Crippen LogP) is -0.806. The van der Waals surface area contributed by atoms with E-state index in [-0.39, 0.29) is 23.9 Å². The maximum Gasteiger partial charge on any atom is 0.237 e. The number of primary amides is 1. The molecule has 0 aromatic carbocycles. The summed E-state index contributed by atoms with van der Waals surface area (Å²) in [6, 6.07) is 0.220. The lowest BCUT2D eigenvalue weighted by Crippen LogP contribution is -2.52. The first-order valence-electron chi connectivity index (χ1n) is 7.19. The highest BCUT2D eigenvalue weighted by Gasteiger charge is 2.25. The van der Waals surface area contributed by atoms with E-state index in [2.05, 4.69) is 10.6 Å². The number of hydrogen-bond donors (Lipinski definition) is 3. The molecule has 1 atom stereocenters. The zero-order chi connectivity index (χ0) is 13.7. The number of nitrogens with two attached hydrogens (primary N) is 1. The van der Waals surface area contributed by atoms with E-state index < -0.39 is 0 Å². The predicted molar refractivity (Wildman–Crippen MR) is 72.4 cm³/mol. The number of hydrogen-bond acceptors (Lipinski definition) is 4. The molecule has 2 rings (SSSR count). The highest BCUT2D eigenvalue weighted by Crippen LogP contribution is 2.12. The van der Waals surface area contributed by atoms with Crippen LogP contribution in [0, 0.1) is 0 Å². The van der Waals surface area contributed by atoms with E-state index in [1.54, 1.807) is 0 Å². The van der Waals surface area contributed by atoms with Gasteiger partial charge in [-0.3, -0.25) is 14.5 Å². The Morgan fingerprint density at radius 3 is 2.53 bits per heavy atom. The van der Waals surface area contributed by atoms with Crippen LogP contribution in [-0.2, 0) is 9.59 Å². The molecule has 6 nitrogen and oxygen atoms in total. The second-order valence-electron chi connectivity index (χ2n) is 5.53. The van der Waals surface area contributed by atoms with Gasteiger partial charge in [-0.05, 0) is 32.2 Å². The largest absolute Gasteiger partial charge is 0.369 e. The fourth-order valence-electron chi connectivity index (χ4n) is 2.83. The Kier molecular flexibility index (Phi) is 5.15. The maximum atomic E-state index is 12.1. The van der Waals surface area contributed by atoms with Crippen molar-refractivity contribution in [2.45, 2.75) is 44.2 Å². The molecule has 0 spiro atoms. The van der Waals surface area contributed by atoms with Gasteiger partial charge in [0.05, 0.1) is 12.6 Å². The molecule has 0 saturated carbocycles. The molecule has 2 amide bonds. The molecule has 2 aliphatic rings. The van der Waals surface area contributed by atoms with Gasteiger partial charge in [-0.1, -0.05) is 6.42 Å². The van der Waals surface area contributed by atoms with E-state index in [4.69, 9.17) is 5.73 Å². The smallest absolute Gasteiger partial charge is 0.237 e. The topological polar surface area (TPSA) is 87.5 Å². The lowest BCUT2D eigenvalue weighted by molar-refractivity contribution is -0.125. The summed E-state index contributed by atoms with van der Waals surface area (Å²) in [4.78, 5) is 24.9. The zero-order valence-corrected chi connectivity index (χ0v) is 11.4. The highest BCUT2D eigenvalue weighted by atomic mass is 16.2. The molecule has 0 aromatic heterocycles. The standard InChI is InChI=1S/C13H24N4O2/c14-12(18)9-17-7-4-10(5-8-17)16-13(19)11-3-1-2-6-15-11/h10-11,15H,1-9H2,(H2,14,18)(H,16,19)/t11-/m0/s1. The Hall–Kier alpha value is -1.14. The van der Waals surface area contributed by atoms with Gasteiger partial charge in [0.2, 0.25) is 11.8 Å². The molecule has 0 radical (unpaired) electrons. The molecule has 2 saturated heterocycles. The Morgan fingerprint density at radius 1 is 1.21 bits per heavy atom. The monoisotopic (exact) mass is 268 g/mol. The number of nitrogens with one attached hydrogen (secondary N) is 2. The molecule has 0 aromatic rings. The Labute approximate surface area is 114 Å². The van der Waals surface area contributed by atoms with Gasteiger partial charge in [-0.25, -0.2) is 0 Å². The van der Waals surface area contributed by atoms with Crippen LogP contribution in [0.4, 0.5) is 0 Å². The Balaban J connectivity index is 1.69. The average Bonchev–Trinajstić information content (AvgIpc) is 2.41. The van der Waals surface area contributed by atoms with Gasteiger partial charge in [0.25, 0.3) is 0 Å². The van der Waals surface area contributed by atoms with Gasteiger partial charge in [0.15, 0.2) is 0 Å². The molecule has 19 heavy (non-hydrogen) atoms. The van der Waals surface area contributed by atoms with Crippen molar-refractivity contribution in [3.05, 3.63) is 0 Å². The Bertz CT molecular complexity index is 321. The third-order valence-electron chi connectivity index (χ3n) is 3.94. The minimum Gasteiger partial charge on any atom is -0.369 e. The number of likely N-dealkylation sites (tertiary alicyclic amines) is 1. The van der Waals surface area contributed by atoms with Crippen molar-refractivity contribution < 1.29 is 9.59 Å². The van der Waals surface area contributed by atoms with Crippen LogP contribution in [-0.4, -0.2) is 55.0 Å². The maximum absolute atomic E-state index is 12.1. The number of carbonyl (C=O) groups is 2. The van der Waals surface area contributed by atoms with Crippen LogP contribution in [0.3, 0.4) is 0 Å². The summed E-state index contributed by atoms with van der Waals surface area (Å²) in [5.41, 5.74) is 5.18. The molecule has 108 valence electrons. The first-order valence-corrected chi connectivity index (χ1v) is 7.19. The Morgan fingerprint density at radius 2 is 1.95 bits per heavy atom. The normalized spacial score (nSPS) is 26.0. The zero-order valence-electron chi connectivity index (χ0n) is 11.4. The quantitative estimate of drug-likeness (QED) is 0.622. The van der Waals surface area contributed by atoms with Crippen molar-refractivity contribution in [3.8, 4) is 0 Å². The van der Waals surface area contributed by atoms with Gasteiger partial charge < -0.3 is 16.4 Å². The summed E-state index contributed by atoms with van der Waals surface area (Å²) in [7, 11) is 0. The summed E-state index contributed by atoms with van der Waals surface area (Å²) >= 11 is 0. The van der Waals surface area contributed by atoms with Gasteiger partial charge in [0, 0.05) is 19.1 Å².